The molecular formula is C34H35NO5. The Kier molecular flexibility index (Phi) is 8.78. The van der Waals surface area contributed by atoms with Crippen molar-refractivity contribution in [1.29, 1.82) is 0 Å². The highest BCUT2D eigenvalue weighted by Gasteiger charge is 2.20. The van der Waals surface area contributed by atoms with Crippen LogP contribution in [0.15, 0.2) is 72.8 Å². The van der Waals surface area contributed by atoms with Crippen LogP contribution in [0.25, 0.3) is 5.57 Å². The minimum absolute atomic E-state index is 0.0128. The molecule has 1 amide bonds. The number of fused-ring (bicyclic) bond motifs is 1. The van der Waals surface area contributed by atoms with Crippen LogP contribution < -0.4 is 5.32 Å². The van der Waals surface area contributed by atoms with E-state index < -0.39 is 11.9 Å². The lowest BCUT2D eigenvalue weighted by Gasteiger charge is -2.19. The van der Waals surface area contributed by atoms with Crippen LogP contribution in [-0.2, 0) is 23.1 Å². The first kappa shape index (κ1) is 28.7. The second kappa shape index (κ2) is 12.2. The van der Waals surface area contributed by atoms with Crippen LogP contribution in [0.1, 0.15) is 93.4 Å². The number of carbonyl (C=O) groups is 4. The number of benzene rings is 3. The first-order valence-corrected chi connectivity index (χ1v) is 13.7. The highest BCUT2D eigenvalue weighted by molar-refractivity contribution is 6.32. The number of ketones is 2. The normalized spacial score (nSPS) is 13.3. The molecule has 0 spiro atoms. The van der Waals surface area contributed by atoms with Gasteiger partial charge in [0.25, 0.3) is 5.91 Å². The maximum atomic E-state index is 13.8. The van der Waals surface area contributed by atoms with Crippen LogP contribution in [0.5, 0.6) is 0 Å². The number of carboxylic acids is 1. The topological polar surface area (TPSA) is 101 Å². The van der Waals surface area contributed by atoms with Gasteiger partial charge in [-0.25, -0.2) is 0 Å². The fourth-order valence-corrected chi connectivity index (χ4v) is 4.84. The minimum Gasteiger partial charge on any atom is -0.481 e. The third-order valence-corrected chi connectivity index (χ3v) is 7.25. The molecule has 3 aromatic carbocycles. The van der Waals surface area contributed by atoms with Gasteiger partial charge in [0, 0.05) is 28.8 Å². The van der Waals surface area contributed by atoms with Gasteiger partial charge in [0.1, 0.15) is 0 Å². The summed E-state index contributed by atoms with van der Waals surface area (Å²) in [6, 6.07) is 19.7. The Balaban J connectivity index is 1.65. The highest BCUT2D eigenvalue weighted by atomic mass is 16.4. The van der Waals surface area contributed by atoms with Crippen LogP contribution in [-0.4, -0.2) is 35.1 Å². The van der Waals surface area contributed by atoms with E-state index in [2.05, 4.69) is 32.2 Å². The molecule has 2 N–H and O–H groups in total. The van der Waals surface area contributed by atoms with Crippen molar-refractivity contribution in [2.45, 2.75) is 58.3 Å². The average Bonchev–Trinajstić information content (AvgIpc) is 2.94. The molecule has 0 saturated heterocycles. The molecule has 206 valence electrons. The molecule has 0 heterocycles. The molecule has 0 saturated carbocycles. The second-order valence-electron chi connectivity index (χ2n) is 11.2. The first-order chi connectivity index (χ1) is 19.0. The number of carbonyl (C=O) groups excluding carboxylic acids is 3. The van der Waals surface area contributed by atoms with E-state index in [1.165, 1.54) is 29.3 Å². The molecule has 6 nitrogen and oxygen atoms in total. The second-order valence-corrected chi connectivity index (χ2v) is 11.2. The van der Waals surface area contributed by atoms with Crippen molar-refractivity contribution in [2.75, 3.05) is 6.54 Å². The van der Waals surface area contributed by atoms with Crippen molar-refractivity contribution in [3.8, 4) is 0 Å². The lowest BCUT2D eigenvalue weighted by Crippen LogP contribution is -2.26. The fourth-order valence-electron chi connectivity index (χ4n) is 4.84. The van der Waals surface area contributed by atoms with Crippen molar-refractivity contribution < 1.29 is 24.3 Å². The van der Waals surface area contributed by atoms with E-state index in [1.807, 2.05) is 24.3 Å². The Labute approximate surface area is 235 Å². The number of carboxylic acid groups (broad SMARTS) is 1. The van der Waals surface area contributed by atoms with Gasteiger partial charge in [0.2, 0.25) is 0 Å². The maximum absolute atomic E-state index is 13.8. The number of amides is 1. The molecule has 0 aromatic heterocycles. The van der Waals surface area contributed by atoms with Gasteiger partial charge in [0.15, 0.2) is 11.6 Å². The Hall–Kier alpha value is -4.32. The van der Waals surface area contributed by atoms with E-state index >= 15 is 0 Å². The molecule has 0 aliphatic heterocycles. The molecule has 40 heavy (non-hydrogen) atoms. The number of allylic oxidation sites excluding steroid dienone is 2. The van der Waals surface area contributed by atoms with Crippen molar-refractivity contribution in [3.05, 3.63) is 112 Å². The summed E-state index contributed by atoms with van der Waals surface area (Å²) >= 11 is 0. The van der Waals surface area contributed by atoms with E-state index in [0.717, 1.165) is 31.2 Å². The quantitative estimate of drug-likeness (QED) is 0.249. The third-order valence-electron chi connectivity index (χ3n) is 7.25. The Morgan fingerprint density at radius 2 is 1.35 bits per heavy atom. The summed E-state index contributed by atoms with van der Waals surface area (Å²) in [5, 5.41) is 11.3. The minimum atomic E-state index is -0.998. The van der Waals surface area contributed by atoms with Crippen LogP contribution in [0.3, 0.4) is 0 Å². The van der Waals surface area contributed by atoms with Crippen LogP contribution >= 0.6 is 0 Å². The summed E-state index contributed by atoms with van der Waals surface area (Å²) in [5.74, 6) is -1.98. The zero-order valence-electron chi connectivity index (χ0n) is 23.3. The van der Waals surface area contributed by atoms with Gasteiger partial charge in [-0.3, -0.25) is 19.2 Å². The molecule has 1 aliphatic rings. The van der Waals surface area contributed by atoms with Gasteiger partial charge >= 0.3 is 5.97 Å². The smallest absolute Gasteiger partial charge is 0.305 e. The third kappa shape index (κ3) is 7.00. The van der Waals surface area contributed by atoms with Crippen molar-refractivity contribution in [3.63, 3.8) is 0 Å². The van der Waals surface area contributed by atoms with E-state index in [9.17, 15) is 19.2 Å². The summed E-state index contributed by atoms with van der Waals surface area (Å²) in [4.78, 5) is 50.2. The van der Waals surface area contributed by atoms with Gasteiger partial charge in [0.05, 0.1) is 6.42 Å². The van der Waals surface area contributed by atoms with Gasteiger partial charge in [-0.2, -0.15) is 0 Å². The highest BCUT2D eigenvalue weighted by Crippen LogP contribution is 2.28. The monoisotopic (exact) mass is 537 g/mol. The van der Waals surface area contributed by atoms with Crippen LogP contribution in [0, 0.1) is 0 Å². The van der Waals surface area contributed by atoms with Crippen molar-refractivity contribution >= 4 is 29.0 Å². The molecule has 4 rings (SSSR count). The Morgan fingerprint density at radius 1 is 0.775 bits per heavy atom. The standard InChI is InChI=1S/C34H35NO5/c1-34(2,3)28-16-14-23(15-17-28)30(36)21-29(27-13-8-22-6-4-5-7-26(22)20-27)32(39)24-9-11-25(12-10-24)33(40)35-19-18-31(37)38/h8-17,20-21H,4-7,18-19H2,1-3H3,(H,35,40)(H,37,38). The summed E-state index contributed by atoms with van der Waals surface area (Å²) in [5.41, 5.74) is 5.73. The maximum Gasteiger partial charge on any atom is 0.305 e. The van der Waals surface area contributed by atoms with Crippen molar-refractivity contribution in [1.82, 2.24) is 5.32 Å². The van der Waals surface area contributed by atoms with E-state index in [-0.39, 0.29) is 29.9 Å². The van der Waals surface area contributed by atoms with E-state index in [0.29, 0.717) is 27.8 Å². The Morgan fingerprint density at radius 3 is 1.98 bits per heavy atom. The number of hydrogen-bond acceptors (Lipinski definition) is 4. The van der Waals surface area contributed by atoms with Crippen LogP contribution in [0.2, 0.25) is 0 Å². The molecule has 0 unspecified atom stereocenters. The molecule has 6 heteroatoms. The van der Waals surface area contributed by atoms with Gasteiger partial charge in [-0.05, 0) is 71.6 Å². The molecule has 0 bridgehead atoms. The van der Waals surface area contributed by atoms with Crippen LogP contribution in [0.4, 0.5) is 0 Å². The molecule has 0 atom stereocenters. The number of hydrogen-bond donors (Lipinski definition) is 2. The lowest BCUT2D eigenvalue weighted by atomic mass is 9.86. The predicted octanol–water partition coefficient (Wildman–Crippen LogP) is 6.22. The SMILES string of the molecule is CC(C)(C)c1ccc(C(=O)C=C(C(=O)c2ccc(C(=O)NCCC(=O)O)cc2)c2ccc3c(c2)CCCC3)cc1. The number of aryl methyl sites for hydroxylation is 2. The summed E-state index contributed by atoms with van der Waals surface area (Å²) in [6.45, 7) is 6.35. The average molecular weight is 538 g/mol. The van der Waals surface area contributed by atoms with Crippen molar-refractivity contribution in [2.24, 2.45) is 0 Å². The predicted molar refractivity (Wildman–Crippen MR) is 156 cm³/mol. The number of nitrogens with one attached hydrogen (secondary N) is 1. The number of Topliss-reactive ketones (excluding diaryl/α,β-unsaturated/α-hetero) is 1. The lowest BCUT2D eigenvalue weighted by molar-refractivity contribution is -0.136. The largest absolute Gasteiger partial charge is 0.481 e. The first-order valence-electron chi connectivity index (χ1n) is 13.7. The molecule has 3 aromatic rings. The summed E-state index contributed by atoms with van der Waals surface area (Å²) in [6.07, 6.45) is 5.44. The van der Waals surface area contributed by atoms with Gasteiger partial charge in [-0.1, -0.05) is 75.4 Å². The summed E-state index contributed by atoms with van der Waals surface area (Å²) < 4.78 is 0. The van der Waals surface area contributed by atoms with E-state index in [1.54, 1.807) is 24.3 Å². The van der Waals surface area contributed by atoms with E-state index in [4.69, 9.17) is 5.11 Å². The molecular weight excluding hydrogens is 502 g/mol. The molecule has 1 aliphatic carbocycles. The fraction of sp³-hybridized carbons (Fsp3) is 0.294. The number of rotatable bonds is 9. The van der Waals surface area contributed by atoms with Gasteiger partial charge in [-0.15, -0.1) is 0 Å². The molecule has 0 radical (unpaired) electrons. The number of aliphatic carboxylic acids is 1. The zero-order chi connectivity index (χ0) is 28.9. The zero-order valence-corrected chi connectivity index (χ0v) is 23.3. The summed E-state index contributed by atoms with van der Waals surface area (Å²) in [7, 11) is 0. The molecule has 0 fully saturated rings. The van der Waals surface area contributed by atoms with Gasteiger partial charge < -0.3 is 10.4 Å². The Bertz CT molecular complexity index is 1460.